The van der Waals surface area contributed by atoms with Crippen molar-refractivity contribution < 1.29 is 17.6 Å². The molecule has 1 aromatic rings. The summed E-state index contributed by atoms with van der Waals surface area (Å²) in [5.41, 5.74) is 0. The summed E-state index contributed by atoms with van der Waals surface area (Å²) in [5.74, 6) is 1.51. The molecule has 2 nitrogen and oxygen atoms in total. The molecule has 1 rings (SSSR count). The lowest BCUT2D eigenvalue weighted by Gasteiger charge is -2.16. The Morgan fingerprint density at radius 2 is 2.06 bits per heavy atom. The van der Waals surface area contributed by atoms with Gasteiger partial charge in [-0.2, -0.15) is 13.2 Å². The largest absolute Gasteiger partial charge is 0.465 e. The van der Waals surface area contributed by atoms with Gasteiger partial charge in [0.1, 0.15) is 11.5 Å². The standard InChI is InChI=1S/C13H20F3NO/c1-3-9-17-11(5-4-8-13(14,15)16)12-7-6-10(2)18-12/h6-7,11,17H,3-5,8-9H2,1-2H3. The monoisotopic (exact) mass is 263 g/mol. The molecule has 1 atom stereocenters. The highest BCUT2D eigenvalue weighted by molar-refractivity contribution is 5.09. The zero-order valence-corrected chi connectivity index (χ0v) is 10.8. The first-order valence-electron chi connectivity index (χ1n) is 6.29. The van der Waals surface area contributed by atoms with Crippen LogP contribution in [0.2, 0.25) is 0 Å². The zero-order chi connectivity index (χ0) is 13.6. The highest BCUT2D eigenvalue weighted by Crippen LogP contribution is 2.27. The first-order chi connectivity index (χ1) is 8.42. The molecular formula is C13H20F3NO. The average molecular weight is 263 g/mol. The van der Waals surface area contributed by atoms with Crippen molar-refractivity contribution in [2.24, 2.45) is 0 Å². The summed E-state index contributed by atoms with van der Waals surface area (Å²) in [4.78, 5) is 0. The first kappa shape index (κ1) is 15.1. The molecule has 104 valence electrons. The maximum absolute atomic E-state index is 12.1. The molecule has 0 bridgehead atoms. The second kappa shape index (κ2) is 6.83. The summed E-state index contributed by atoms with van der Waals surface area (Å²) in [6.45, 7) is 4.62. The van der Waals surface area contributed by atoms with E-state index in [1.165, 1.54) is 0 Å². The van der Waals surface area contributed by atoms with Crippen LogP contribution in [0.3, 0.4) is 0 Å². The number of nitrogens with one attached hydrogen (secondary N) is 1. The highest BCUT2D eigenvalue weighted by Gasteiger charge is 2.27. The smallest absolute Gasteiger partial charge is 0.389 e. The molecule has 0 spiro atoms. The number of rotatable bonds is 7. The molecule has 0 aromatic carbocycles. The van der Waals surface area contributed by atoms with Crippen LogP contribution in [0.1, 0.15) is 50.2 Å². The molecule has 0 saturated heterocycles. The summed E-state index contributed by atoms with van der Waals surface area (Å²) in [5, 5.41) is 3.22. The summed E-state index contributed by atoms with van der Waals surface area (Å²) in [7, 11) is 0. The summed E-state index contributed by atoms with van der Waals surface area (Å²) >= 11 is 0. The van der Waals surface area contributed by atoms with Gasteiger partial charge in [0.05, 0.1) is 6.04 Å². The Balaban J connectivity index is 2.51. The van der Waals surface area contributed by atoms with Gasteiger partial charge in [0.25, 0.3) is 0 Å². The minimum atomic E-state index is -4.08. The van der Waals surface area contributed by atoms with Crippen LogP contribution in [0.5, 0.6) is 0 Å². The van der Waals surface area contributed by atoms with Gasteiger partial charge in [-0.1, -0.05) is 6.92 Å². The molecule has 1 heterocycles. The van der Waals surface area contributed by atoms with Gasteiger partial charge < -0.3 is 9.73 Å². The fourth-order valence-corrected chi connectivity index (χ4v) is 1.81. The van der Waals surface area contributed by atoms with E-state index < -0.39 is 12.6 Å². The van der Waals surface area contributed by atoms with Gasteiger partial charge in [-0.25, -0.2) is 0 Å². The van der Waals surface area contributed by atoms with E-state index in [0.29, 0.717) is 6.42 Å². The molecule has 0 aliphatic rings. The Morgan fingerprint density at radius 1 is 1.33 bits per heavy atom. The molecule has 0 saturated carbocycles. The summed E-state index contributed by atoms with van der Waals surface area (Å²) in [6, 6.07) is 3.54. The average Bonchev–Trinajstić information content (AvgIpc) is 2.68. The molecule has 18 heavy (non-hydrogen) atoms. The predicted octanol–water partition coefficient (Wildman–Crippen LogP) is 4.36. The van der Waals surface area contributed by atoms with Crippen molar-refractivity contribution in [2.75, 3.05) is 6.54 Å². The van der Waals surface area contributed by atoms with E-state index in [1.807, 2.05) is 26.0 Å². The van der Waals surface area contributed by atoms with Gasteiger partial charge in [0, 0.05) is 6.42 Å². The third-order valence-electron chi connectivity index (χ3n) is 2.70. The molecule has 5 heteroatoms. The van der Waals surface area contributed by atoms with Gasteiger partial charge in [0.15, 0.2) is 0 Å². The van der Waals surface area contributed by atoms with Crippen LogP contribution in [0.4, 0.5) is 13.2 Å². The molecule has 0 aliphatic heterocycles. The maximum atomic E-state index is 12.1. The quantitative estimate of drug-likeness (QED) is 0.790. The third kappa shape index (κ3) is 5.58. The number of halogens is 3. The lowest BCUT2D eigenvalue weighted by molar-refractivity contribution is -0.135. The molecular weight excluding hydrogens is 243 g/mol. The van der Waals surface area contributed by atoms with Crippen LogP contribution in [0.15, 0.2) is 16.5 Å². The number of aryl methyl sites for hydroxylation is 1. The Bertz CT molecular complexity index is 346. The second-order valence-electron chi connectivity index (χ2n) is 4.46. The van der Waals surface area contributed by atoms with Gasteiger partial charge in [-0.3, -0.25) is 0 Å². The topological polar surface area (TPSA) is 25.2 Å². The van der Waals surface area contributed by atoms with Gasteiger partial charge in [0.2, 0.25) is 0 Å². The van der Waals surface area contributed by atoms with E-state index >= 15 is 0 Å². The Kier molecular flexibility index (Phi) is 5.72. The third-order valence-corrected chi connectivity index (χ3v) is 2.70. The predicted molar refractivity (Wildman–Crippen MR) is 64.4 cm³/mol. The van der Waals surface area contributed by atoms with Crippen LogP contribution in [0, 0.1) is 6.92 Å². The molecule has 1 aromatic heterocycles. The van der Waals surface area contributed by atoms with Crippen LogP contribution < -0.4 is 5.32 Å². The molecule has 1 N–H and O–H groups in total. The summed E-state index contributed by atoms with van der Waals surface area (Å²) in [6.07, 6.45) is -3.32. The highest BCUT2D eigenvalue weighted by atomic mass is 19.4. The van der Waals surface area contributed by atoms with Crippen molar-refractivity contribution in [3.8, 4) is 0 Å². The normalized spacial score (nSPS) is 13.8. The van der Waals surface area contributed by atoms with E-state index in [-0.39, 0.29) is 12.5 Å². The minimum Gasteiger partial charge on any atom is -0.465 e. The Morgan fingerprint density at radius 3 is 2.56 bits per heavy atom. The van der Waals surface area contributed by atoms with E-state index in [0.717, 1.165) is 24.5 Å². The van der Waals surface area contributed by atoms with Crippen LogP contribution >= 0.6 is 0 Å². The van der Waals surface area contributed by atoms with Crippen molar-refractivity contribution >= 4 is 0 Å². The molecule has 0 amide bonds. The Hall–Kier alpha value is -0.970. The first-order valence-corrected chi connectivity index (χ1v) is 6.29. The van der Waals surface area contributed by atoms with E-state index in [4.69, 9.17) is 4.42 Å². The minimum absolute atomic E-state index is 0.116. The number of alkyl halides is 3. The van der Waals surface area contributed by atoms with Gasteiger partial charge in [-0.15, -0.1) is 0 Å². The van der Waals surface area contributed by atoms with Gasteiger partial charge >= 0.3 is 6.18 Å². The Labute approximate surface area is 106 Å². The fourth-order valence-electron chi connectivity index (χ4n) is 1.81. The lowest BCUT2D eigenvalue weighted by atomic mass is 10.1. The zero-order valence-electron chi connectivity index (χ0n) is 10.8. The van der Waals surface area contributed by atoms with Crippen molar-refractivity contribution in [1.82, 2.24) is 5.32 Å². The van der Waals surface area contributed by atoms with Crippen molar-refractivity contribution in [2.45, 2.75) is 51.7 Å². The molecule has 1 unspecified atom stereocenters. The number of furan rings is 1. The van der Waals surface area contributed by atoms with E-state index in [2.05, 4.69) is 5.32 Å². The second-order valence-corrected chi connectivity index (χ2v) is 4.46. The van der Waals surface area contributed by atoms with Crippen molar-refractivity contribution in [1.29, 1.82) is 0 Å². The van der Waals surface area contributed by atoms with Crippen LogP contribution in [-0.2, 0) is 0 Å². The fraction of sp³-hybridized carbons (Fsp3) is 0.692. The molecule has 0 radical (unpaired) electrons. The van der Waals surface area contributed by atoms with Crippen LogP contribution in [-0.4, -0.2) is 12.7 Å². The molecule has 0 aliphatic carbocycles. The SMILES string of the molecule is CCCNC(CCCC(F)(F)F)c1ccc(C)o1. The van der Waals surface area contributed by atoms with E-state index in [9.17, 15) is 13.2 Å². The van der Waals surface area contributed by atoms with Crippen LogP contribution in [0.25, 0.3) is 0 Å². The number of hydrogen-bond donors (Lipinski definition) is 1. The van der Waals surface area contributed by atoms with Crippen molar-refractivity contribution in [3.05, 3.63) is 23.7 Å². The van der Waals surface area contributed by atoms with Crippen molar-refractivity contribution in [3.63, 3.8) is 0 Å². The van der Waals surface area contributed by atoms with E-state index in [1.54, 1.807) is 0 Å². The maximum Gasteiger partial charge on any atom is 0.389 e. The van der Waals surface area contributed by atoms with Gasteiger partial charge in [-0.05, 0) is 44.9 Å². The number of hydrogen-bond acceptors (Lipinski definition) is 2. The molecule has 0 fully saturated rings. The summed E-state index contributed by atoms with van der Waals surface area (Å²) < 4.78 is 41.8. The lowest BCUT2D eigenvalue weighted by Crippen LogP contribution is -2.22.